The molecule has 1 aromatic heterocycles. The first-order valence-electron chi connectivity index (χ1n) is 6.96. The second-order valence-electron chi connectivity index (χ2n) is 5.07. The van der Waals surface area contributed by atoms with Crippen LogP contribution in [0.4, 0.5) is 5.13 Å². The summed E-state index contributed by atoms with van der Waals surface area (Å²) in [7, 11) is 0. The van der Waals surface area contributed by atoms with E-state index in [1.54, 1.807) is 0 Å². The van der Waals surface area contributed by atoms with Crippen LogP contribution in [0.1, 0.15) is 17.0 Å². The van der Waals surface area contributed by atoms with E-state index in [9.17, 15) is 0 Å². The first kappa shape index (κ1) is 14.5. The molecule has 110 valence electrons. The van der Waals surface area contributed by atoms with Gasteiger partial charge in [0.15, 0.2) is 0 Å². The maximum absolute atomic E-state index is 5.93. The summed E-state index contributed by atoms with van der Waals surface area (Å²) in [6.45, 7) is 3.05. The molecule has 1 aliphatic heterocycles. The quantitative estimate of drug-likeness (QED) is 0.940. The number of rotatable bonds is 4. The van der Waals surface area contributed by atoms with Crippen LogP contribution in [0.3, 0.4) is 0 Å². The van der Waals surface area contributed by atoms with E-state index in [-0.39, 0.29) is 0 Å². The minimum absolute atomic E-state index is 0.550. The van der Waals surface area contributed by atoms with Crippen molar-refractivity contribution in [2.24, 2.45) is 0 Å². The minimum atomic E-state index is 0.550. The van der Waals surface area contributed by atoms with Crippen LogP contribution in [-0.2, 0) is 6.42 Å². The monoisotopic (exact) mass is 320 g/mol. The lowest BCUT2D eigenvalue weighted by atomic mass is 9.99. The Labute approximate surface area is 133 Å². The SMILES string of the molecule is Nc1nnc(CCN2CC=C(c3ccc(Cl)cc3)CC2)s1. The van der Waals surface area contributed by atoms with E-state index in [1.165, 1.54) is 22.5 Å². The van der Waals surface area contributed by atoms with Crippen LogP contribution in [-0.4, -0.2) is 34.7 Å². The lowest BCUT2D eigenvalue weighted by Crippen LogP contribution is -2.30. The Morgan fingerprint density at radius 3 is 2.67 bits per heavy atom. The van der Waals surface area contributed by atoms with Crippen molar-refractivity contribution in [3.63, 3.8) is 0 Å². The van der Waals surface area contributed by atoms with Crippen LogP contribution in [0.5, 0.6) is 0 Å². The van der Waals surface area contributed by atoms with Gasteiger partial charge in [0.25, 0.3) is 0 Å². The van der Waals surface area contributed by atoms with Crippen molar-refractivity contribution in [1.29, 1.82) is 0 Å². The van der Waals surface area contributed by atoms with Gasteiger partial charge in [-0.05, 0) is 29.7 Å². The molecule has 0 unspecified atom stereocenters. The van der Waals surface area contributed by atoms with Crippen LogP contribution in [0.15, 0.2) is 30.3 Å². The van der Waals surface area contributed by atoms with Gasteiger partial charge in [-0.25, -0.2) is 0 Å². The predicted molar refractivity (Wildman–Crippen MR) is 88.5 cm³/mol. The van der Waals surface area contributed by atoms with Gasteiger partial charge in [-0.1, -0.05) is 41.1 Å². The highest BCUT2D eigenvalue weighted by molar-refractivity contribution is 7.15. The molecule has 1 aliphatic rings. The number of hydrogen-bond donors (Lipinski definition) is 1. The summed E-state index contributed by atoms with van der Waals surface area (Å²) in [5.74, 6) is 0. The molecular formula is C15H17ClN4S. The van der Waals surface area contributed by atoms with Crippen molar-refractivity contribution in [1.82, 2.24) is 15.1 Å². The fraction of sp³-hybridized carbons (Fsp3) is 0.333. The van der Waals surface area contributed by atoms with Crippen LogP contribution in [0.25, 0.3) is 5.57 Å². The van der Waals surface area contributed by atoms with E-state index < -0.39 is 0 Å². The molecule has 0 fully saturated rings. The topological polar surface area (TPSA) is 55.0 Å². The molecule has 0 atom stereocenters. The lowest BCUT2D eigenvalue weighted by molar-refractivity contribution is 0.305. The zero-order valence-corrected chi connectivity index (χ0v) is 13.2. The number of anilines is 1. The van der Waals surface area contributed by atoms with Gasteiger partial charge in [-0.3, -0.25) is 4.90 Å². The minimum Gasteiger partial charge on any atom is -0.374 e. The van der Waals surface area contributed by atoms with Gasteiger partial charge >= 0.3 is 0 Å². The Kier molecular flexibility index (Phi) is 4.53. The highest BCUT2D eigenvalue weighted by Crippen LogP contribution is 2.24. The molecule has 0 saturated heterocycles. The smallest absolute Gasteiger partial charge is 0.203 e. The molecule has 6 heteroatoms. The van der Waals surface area contributed by atoms with Gasteiger partial charge in [0.05, 0.1) is 0 Å². The molecule has 3 rings (SSSR count). The summed E-state index contributed by atoms with van der Waals surface area (Å²) in [4.78, 5) is 2.43. The van der Waals surface area contributed by atoms with E-state index >= 15 is 0 Å². The van der Waals surface area contributed by atoms with Crippen molar-refractivity contribution < 1.29 is 0 Å². The highest BCUT2D eigenvalue weighted by Gasteiger charge is 2.13. The Morgan fingerprint density at radius 1 is 1.24 bits per heavy atom. The van der Waals surface area contributed by atoms with Crippen molar-refractivity contribution in [2.75, 3.05) is 25.4 Å². The molecule has 2 heterocycles. The first-order valence-corrected chi connectivity index (χ1v) is 8.15. The number of benzene rings is 1. The average molecular weight is 321 g/mol. The summed E-state index contributed by atoms with van der Waals surface area (Å²) >= 11 is 7.40. The maximum atomic E-state index is 5.93. The third kappa shape index (κ3) is 3.81. The highest BCUT2D eigenvalue weighted by atomic mass is 35.5. The van der Waals surface area contributed by atoms with Crippen molar-refractivity contribution in [3.05, 3.63) is 45.9 Å². The van der Waals surface area contributed by atoms with Gasteiger partial charge in [-0.15, -0.1) is 10.2 Å². The summed E-state index contributed by atoms with van der Waals surface area (Å²) in [5.41, 5.74) is 8.27. The first-order chi connectivity index (χ1) is 10.2. The number of nitrogen functional groups attached to an aromatic ring is 1. The summed E-state index contributed by atoms with van der Waals surface area (Å²) in [6.07, 6.45) is 4.29. The lowest BCUT2D eigenvalue weighted by Gasteiger charge is -2.26. The zero-order valence-electron chi connectivity index (χ0n) is 11.6. The molecule has 1 aromatic carbocycles. The van der Waals surface area contributed by atoms with Gasteiger partial charge < -0.3 is 5.73 Å². The normalized spacial score (nSPS) is 16.0. The second kappa shape index (κ2) is 6.56. The van der Waals surface area contributed by atoms with Crippen LogP contribution in [0, 0.1) is 0 Å². The molecule has 0 amide bonds. The Morgan fingerprint density at radius 2 is 2.05 bits per heavy atom. The summed E-state index contributed by atoms with van der Waals surface area (Å²) in [5, 5.41) is 10.3. The van der Waals surface area contributed by atoms with E-state index in [0.717, 1.165) is 42.5 Å². The van der Waals surface area contributed by atoms with Crippen LogP contribution < -0.4 is 5.73 Å². The average Bonchev–Trinajstić information content (AvgIpc) is 2.92. The Bertz CT molecular complexity index is 635. The number of nitrogens with zero attached hydrogens (tertiary/aromatic N) is 3. The molecule has 0 spiro atoms. The number of halogens is 1. The summed E-state index contributed by atoms with van der Waals surface area (Å²) < 4.78 is 0. The standard InChI is InChI=1S/C15H17ClN4S/c16-13-3-1-11(2-4-13)12-5-8-20(9-6-12)10-7-14-18-19-15(17)21-14/h1-5H,6-10H2,(H2,17,19). The molecule has 0 aliphatic carbocycles. The maximum Gasteiger partial charge on any atom is 0.203 e. The van der Waals surface area contributed by atoms with E-state index in [4.69, 9.17) is 17.3 Å². The molecule has 21 heavy (non-hydrogen) atoms. The van der Waals surface area contributed by atoms with Gasteiger partial charge in [0.1, 0.15) is 5.01 Å². The number of aromatic nitrogens is 2. The third-order valence-electron chi connectivity index (χ3n) is 3.63. The zero-order chi connectivity index (χ0) is 14.7. The van der Waals surface area contributed by atoms with Crippen LogP contribution >= 0.6 is 22.9 Å². The molecule has 0 bridgehead atoms. The van der Waals surface area contributed by atoms with Gasteiger partial charge in [-0.2, -0.15) is 0 Å². The van der Waals surface area contributed by atoms with E-state index in [1.807, 2.05) is 12.1 Å². The van der Waals surface area contributed by atoms with Crippen molar-refractivity contribution in [3.8, 4) is 0 Å². The van der Waals surface area contributed by atoms with Gasteiger partial charge in [0, 0.05) is 31.1 Å². The van der Waals surface area contributed by atoms with Crippen molar-refractivity contribution >= 4 is 33.6 Å². The molecule has 4 nitrogen and oxygen atoms in total. The predicted octanol–water partition coefficient (Wildman–Crippen LogP) is 3.11. The van der Waals surface area contributed by atoms with Crippen LogP contribution in [0.2, 0.25) is 5.02 Å². The van der Waals surface area contributed by atoms with Crippen molar-refractivity contribution in [2.45, 2.75) is 12.8 Å². The second-order valence-corrected chi connectivity index (χ2v) is 6.60. The molecular weight excluding hydrogens is 304 g/mol. The Hall–Kier alpha value is -1.43. The Balaban J connectivity index is 1.55. The molecule has 0 radical (unpaired) electrons. The van der Waals surface area contributed by atoms with E-state index in [0.29, 0.717) is 5.13 Å². The fourth-order valence-electron chi connectivity index (χ4n) is 2.46. The summed E-state index contributed by atoms with van der Waals surface area (Å²) in [6, 6.07) is 8.08. The molecule has 2 aromatic rings. The number of hydrogen-bond acceptors (Lipinski definition) is 5. The third-order valence-corrected chi connectivity index (χ3v) is 4.70. The van der Waals surface area contributed by atoms with E-state index in [2.05, 4.69) is 33.3 Å². The largest absolute Gasteiger partial charge is 0.374 e. The molecule has 0 saturated carbocycles. The molecule has 2 N–H and O–H groups in total. The fourth-order valence-corrected chi connectivity index (χ4v) is 3.19. The number of nitrogens with two attached hydrogens (primary N) is 1. The van der Waals surface area contributed by atoms with Gasteiger partial charge in [0.2, 0.25) is 5.13 Å².